The van der Waals surface area contributed by atoms with Crippen LogP contribution in [0.2, 0.25) is 0 Å². The molecule has 1 N–H and O–H groups in total. The molecule has 21 heavy (non-hydrogen) atoms. The molecule has 0 radical (unpaired) electrons. The minimum Gasteiger partial charge on any atom is -0.496 e. The highest BCUT2D eigenvalue weighted by Gasteiger charge is 2.07. The highest BCUT2D eigenvalue weighted by molar-refractivity contribution is 5.39. The fraction of sp³-hybridized carbons (Fsp3) is 0.375. The van der Waals surface area contributed by atoms with Crippen molar-refractivity contribution >= 4 is 0 Å². The molecule has 114 valence electrons. The molecule has 0 spiro atoms. The lowest BCUT2D eigenvalue weighted by Gasteiger charge is -2.13. The van der Waals surface area contributed by atoms with Gasteiger partial charge in [0.1, 0.15) is 36.6 Å². The largest absolute Gasteiger partial charge is 0.496 e. The van der Waals surface area contributed by atoms with E-state index in [4.69, 9.17) is 18.6 Å². The first kappa shape index (κ1) is 15.4. The average molecular weight is 292 g/mol. The molecule has 0 saturated carbocycles. The molecule has 1 atom stereocenters. The molecule has 5 nitrogen and oxygen atoms in total. The van der Waals surface area contributed by atoms with Crippen molar-refractivity contribution in [2.75, 3.05) is 20.3 Å². The Balaban J connectivity index is 1.70. The lowest BCUT2D eigenvalue weighted by molar-refractivity contribution is 0.000864. The van der Waals surface area contributed by atoms with E-state index in [0.29, 0.717) is 12.4 Å². The first-order chi connectivity index (χ1) is 10.2. The highest BCUT2D eigenvalue weighted by atomic mass is 16.5. The number of ether oxygens (including phenoxy) is 3. The van der Waals surface area contributed by atoms with Crippen LogP contribution in [0.4, 0.5) is 0 Å². The fourth-order valence-corrected chi connectivity index (χ4v) is 1.87. The summed E-state index contributed by atoms with van der Waals surface area (Å²) in [6, 6.07) is 9.13. The predicted octanol–water partition coefficient (Wildman–Crippen LogP) is 2.55. The third-order valence-electron chi connectivity index (χ3n) is 2.94. The van der Waals surface area contributed by atoms with Crippen molar-refractivity contribution in [1.82, 2.24) is 0 Å². The Hall–Kier alpha value is -1.98. The molecule has 1 unspecified atom stereocenters. The summed E-state index contributed by atoms with van der Waals surface area (Å²) in [5.74, 6) is 2.23. The van der Waals surface area contributed by atoms with Crippen LogP contribution in [-0.2, 0) is 11.3 Å². The van der Waals surface area contributed by atoms with Crippen LogP contribution >= 0.6 is 0 Å². The number of hydrogen-bond acceptors (Lipinski definition) is 5. The van der Waals surface area contributed by atoms with Gasteiger partial charge < -0.3 is 23.7 Å². The van der Waals surface area contributed by atoms with E-state index >= 15 is 0 Å². The van der Waals surface area contributed by atoms with Crippen molar-refractivity contribution < 1.29 is 23.7 Å². The zero-order chi connectivity index (χ0) is 15.1. The average Bonchev–Trinajstić information content (AvgIpc) is 2.98. The minimum absolute atomic E-state index is 0.171. The Morgan fingerprint density at radius 3 is 2.76 bits per heavy atom. The summed E-state index contributed by atoms with van der Waals surface area (Å²) < 4.78 is 21.2. The number of rotatable bonds is 8. The predicted molar refractivity (Wildman–Crippen MR) is 77.6 cm³/mol. The first-order valence-corrected chi connectivity index (χ1v) is 6.74. The van der Waals surface area contributed by atoms with Gasteiger partial charge in [0, 0.05) is 0 Å². The first-order valence-electron chi connectivity index (χ1n) is 6.74. The molecule has 0 aliphatic rings. The van der Waals surface area contributed by atoms with E-state index in [-0.39, 0.29) is 13.2 Å². The van der Waals surface area contributed by atoms with Gasteiger partial charge in [-0.15, -0.1) is 0 Å². The van der Waals surface area contributed by atoms with Crippen LogP contribution in [0.3, 0.4) is 0 Å². The van der Waals surface area contributed by atoms with Crippen molar-refractivity contribution in [2.45, 2.75) is 19.6 Å². The smallest absolute Gasteiger partial charge is 0.129 e. The molecule has 1 aromatic heterocycles. The van der Waals surface area contributed by atoms with Crippen LogP contribution in [0.1, 0.15) is 11.3 Å². The third kappa shape index (κ3) is 4.81. The molecule has 5 heteroatoms. The van der Waals surface area contributed by atoms with E-state index in [9.17, 15) is 5.11 Å². The van der Waals surface area contributed by atoms with Crippen LogP contribution in [-0.4, -0.2) is 31.5 Å². The van der Waals surface area contributed by atoms with E-state index in [1.165, 1.54) is 0 Å². The number of methoxy groups -OCH3 is 1. The molecule has 2 aromatic rings. The van der Waals surface area contributed by atoms with E-state index in [0.717, 1.165) is 17.1 Å². The number of hydrogen-bond donors (Lipinski definition) is 1. The van der Waals surface area contributed by atoms with Crippen molar-refractivity contribution in [3.63, 3.8) is 0 Å². The lowest BCUT2D eigenvalue weighted by atomic mass is 10.2. The number of benzene rings is 1. The van der Waals surface area contributed by atoms with Gasteiger partial charge in [0.25, 0.3) is 0 Å². The summed E-state index contributed by atoms with van der Waals surface area (Å²) in [6.45, 7) is 2.64. The third-order valence-corrected chi connectivity index (χ3v) is 2.94. The van der Waals surface area contributed by atoms with Gasteiger partial charge in [-0.3, -0.25) is 0 Å². The standard InChI is InChI=1S/C16H20O5/c1-12-8-14(5-6-16(12)18-2)21-10-13(17)9-19-11-15-4-3-7-20-15/h3-8,13,17H,9-11H2,1-2H3. The van der Waals surface area contributed by atoms with E-state index in [1.807, 2.05) is 31.2 Å². The summed E-state index contributed by atoms with van der Waals surface area (Å²) >= 11 is 0. The molecule has 0 aliphatic heterocycles. The molecule has 1 aromatic carbocycles. The van der Waals surface area contributed by atoms with Crippen LogP contribution in [0, 0.1) is 6.92 Å². The summed E-state index contributed by atoms with van der Waals surface area (Å²) in [6.07, 6.45) is 0.895. The lowest BCUT2D eigenvalue weighted by Crippen LogP contribution is -2.23. The summed E-state index contributed by atoms with van der Waals surface area (Å²) in [5.41, 5.74) is 0.985. The number of furan rings is 1. The maximum atomic E-state index is 9.80. The SMILES string of the molecule is COc1ccc(OCC(O)COCc2ccco2)cc1C. The Labute approximate surface area is 124 Å². The van der Waals surface area contributed by atoms with Crippen molar-refractivity contribution in [3.05, 3.63) is 47.9 Å². The maximum Gasteiger partial charge on any atom is 0.129 e. The zero-order valence-electron chi connectivity index (χ0n) is 12.2. The fourth-order valence-electron chi connectivity index (χ4n) is 1.87. The van der Waals surface area contributed by atoms with Crippen LogP contribution < -0.4 is 9.47 Å². The van der Waals surface area contributed by atoms with E-state index in [2.05, 4.69) is 0 Å². The Morgan fingerprint density at radius 1 is 1.24 bits per heavy atom. The van der Waals surface area contributed by atoms with Crippen molar-refractivity contribution in [2.24, 2.45) is 0 Å². The number of aliphatic hydroxyl groups is 1. The van der Waals surface area contributed by atoms with Gasteiger partial charge in [-0.25, -0.2) is 0 Å². The zero-order valence-corrected chi connectivity index (χ0v) is 12.2. The molecule has 1 heterocycles. The van der Waals surface area contributed by atoms with Crippen molar-refractivity contribution in [1.29, 1.82) is 0 Å². The second-order valence-electron chi connectivity index (χ2n) is 4.69. The molecule has 0 fully saturated rings. The van der Waals surface area contributed by atoms with Gasteiger partial charge in [0.15, 0.2) is 0 Å². The molecule has 2 rings (SSSR count). The van der Waals surface area contributed by atoms with Gasteiger partial charge in [0.05, 0.1) is 20.0 Å². The monoisotopic (exact) mass is 292 g/mol. The molecular formula is C16H20O5. The molecular weight excluding hydrogens is 272 g/mol. The Kier molecular flexibility index (Phi) is 5.66. The maximum absolute atomic E-state index is 9.80. The Bertz CT molecular complexity index is 536. The normalized spacial score (nSPS) is 12.1. The van der Waals surface area contributed by atoms with Crippen LogP contribution in [0.5, 0.6) is 11.5 Å². The van der Waals surface area contributed by atoms with Crippen LogP contribution in [0.15, 0.2) is 41.0 Å². The quantitative estimate of drug-likeness (QED) is 0.810. The van der Waals surface area contributed by atoms with Gasteiger partial charge in [-0.1, -0.05) is 0 Å². The molecule has 0 saturated heterocycles. The van der Waals surface area contributed by atoms with E-state index in [1.54, 1.807) is 19.4 Å². The highest BCUT2D eigenvalue weighted by Crippen LogP contribution is 2.22. The van der Waals surface area contributed by atoms with Crippen molar-refractivity contribution in [3.8, 4) is 11.5 Å². The molecule has 0 bridgehead atoms. The summed E-state index contributed by atoms with van der Waals surface area (Å²) in [4.78, 5) is 0. The summed E-state index contributed by atoms with van der Waals surface area (Å²) in [5, 5.41) is 9.80. The number of aryl methyl sites for hydroxylation is 1. The molecule has 0 amide bonds. The summed E-state index contributed by atoms with van der Waals surface area (Å²) in [7, 11) is 1.63. The Morgan fingerprint density at radius 2 is 2.10 bits per heavy atom. The molecule has 0 aliphatic carbocycles. The van der Waals surface area contributed by atoms with Gasteiger partial charge in [0.2, 0.25) is 0 Å². The van der Waals surface area contributed by atoms with Crippen LogP contribution in [0.25, 0.3) is 0 Å². The van der Waals surface area contributed by atoms with Gasteiger partial charge in [-0.2, -0.15) is 0 Å². The van der Waals surface area contributed by atoms with Gasteiger partial charge in [-0.05, 0) is 42.8 Å². The topological polar surface area (TPSA) is 61.1 Å². The number of aliphatic hydroxyl groups excluding tert-OH is 1. The second-order valence-corrected chi connectivity index (χ2v) is 4.69. The second kappa shape index (κ2) is 7.71. The van der Waals surface area contributed by atoms with Gasteiger partial charge >= 0.3 is 0 Å². The minimum atomic E-state index is -0.692. The van der Waals surface area contributed by atoms with E-state index < -0.39 is 6.10 Å².